The Morgan fingerprint density at radius 1 is 1.14 bits per heavy atom. The standard InChI is InChI=1S/C27H28N4O3S/c1-19(32)30-13-5-10-27(17-30)11-14-31(18-27)24(22-8-4-15-33-22)20-6-2-7-21(16-20)34-26-29-25-23(35-26)9-3-12-28-25/h2-4,6-9,12,15-16,24H,5,10-11,13-14,17-18H2,1H3. The molecule has 6 rings (SSSR count). The predicted molar refractivity (Wildman–Crippen MR) is 135 cm³/mol. The van der Waals surface area contributed by atoms with Crippen LogP contribution in [-0.2, 0) is 4.79 Å². The summed E-state index contributed by atoms with van der Waals surface area (Å²) in [7, 11) is 0. The van der Waals surface area contributed by atoms with Crippen LogP contribution in [0.25, 0.3) is 10.3 Å². The second-order valence-corrected chi connectivity index (χ2v) is 10.7. The van der Waals surface area contributed by atoms with Crippen molar-refractivity contribution in [2.24, 2.45) is 5.41 Å². The number of benzene rings is 1. The summed E-state index contributed by atoms with van der Waals surface area (Å²) in [6.07, 6.45) is 6.79. The average molecular weight is 489 g/mol. The number of furan rings is 1. The molecule has 2 unspecified atom stereocenters. The maximum atomic E-state index is 12.1. The van der Waals surface area contributed by atoms with E-state index < -0.39 is 0 Å². The van der Waals surface area contributed by atoms with Crippen molar-refractivity contribution in [3.05, 3.63) is 72.3 Å². The van der Waals surface area contributed by atoms with Gasteiger partial charge in [0.05, 0.1) is 17.0 Å². The van der Waals surface area contributed by atoms with E-state index in [9.17, 15) is 4.79 Å². The van der Waals surface area contributed by atoms with Crippen LogP contribution >= 0.6 is 11.3 Å². The van der Waals surface area contributed by atoms with E-state index in [0.29, 0.717) is 10.8 Å². The van der Waals surface area contributed by atoms with Gasteiger partial charge in [-0.05, 0) is 67.8 Å². The first kappa shape index (κ1) is 22.2. The maximum Gasteiger partial charge on any atom is 0.281 e. The Balaban J connectivity index is 1.27. The molecule has 0 aliphatic carbocycles. The van der Waals surface area contributed by atoms with E-state index in [2.05, 4.69) is 27.0 Å². The minimum atomic E-state index is -0.0161. The van der Waals surface area contributed by atoms with Gasteiger partial charge in [-0.3, -0.25) is 9.69 Å². The van der Waals surface area contributed by atoms with Crippen molar-refractivity contribution < 1.29 is 13.9 Å². The minimum absolute atomic E-state index is 0.0161. The molecule has 7 nitrogen and oxygen atoms in total. The fourth-order valence-corrected chi connectivity index (χ4v) is 6.44. The van der Waals surface area contributed by atoms with Gasteiger partial charge in [-0.2, -0.15) is 4.98 Å². The number of pyridine rings is 1. The number of hydrogen-bond acceptors (Lipinski definition) is 7. The van der Waals surface area contributed by atoms with Crippen LogP contribution in [0.3, 0.4) is 0 Å². The van der Waals surface area contributed by atoms with Crippen LogP contribution in [0.2, 0.25) is 0 Å². The SMILES string of the molecule is CC(=O)N1CCCC2(CCN(C(c3cccc(Oc4nc5ncccc5s4)c3)c3ccco3)C2)C1. The third-order valence-corrected chi connectivity index (χ3v) is 8.16. The summed E-state index contributed by atoms with van der Waals surface area (Å²) in [6.45, 7) is 5.31. The number of carbonyl (C=O) groups excluding carboxylic acids is 1. The first-order valence-corrected chi connectivity index (χ1v) is 12.9. The van der Waals surface area contributed by atoms with Crippen molar-refractivity contribution in [3.63, 3.8) is 0 Å². The van der Waals surface area contributed by atoms with Gasteiger partial charge in [0.15, 0.2) is 5.65 Å². The number of ether oxygens (including phenoxy) is 1. The Morgan fingerprint density at radius 2 is 2.09 bits per heavy atom. The molecule has 2 aliphatic rings. The number of aromatic nitrogens is 2. The van der Waals surface area contributed by atoms with Gasteiger partial charge in [-0.25, -0.2) is 4.98 Å². The Morgan fingerprint density at radius 3 is 2.91 bits per heavy atom. The van der Waals surface area contributed by atoms with Crippen LogP contribution in [0.4, 0.5) is 0 Å². The van der Waals surface area contributed by atoms with Crippen molar-refractivity contribution in [2.45, 2.75) is 32.2 Å². The normalized spacial score (nSPS) is 21.6. The van der Waals surface area contributed by atoms with Gasteiger partial charge in [0.2, 0.25) is 5.91 Å². The van der Waals surface area contributed by atoms with E-state index >= 15 is 0 Å². The molecule has 5 heterocycles. The molecule has 35 heavy (non-hydrogen) atoms. The summed E-state index contributed by atoms with van der Waals surface area (Å²) >= 11 is 1.49. The largest absolute Gasteiger partial charge is 0.467 e. The number of fused-ring (bicyclic) bond motifs is 1. The van der Waals surface area contributed by atoms with E-state index in [1.165, 1.54) is 11.3 Å². The maximum absolute atomic E-state index is 12.1. The molecule has 3 aromatic heterocycles. The van der Waals surface area contributed by atoms with Crippen LogP contribution in [0.1, 0.15) is 43.6 Å². The number of carbonyl (C=O) groups is 1. The summed E-state index contributed by atoms with van der Waals surface area (Å²) in [5.41, 5.74) is 1.97. The topological polar surface area (TPSA) is 71.7 Å². The summed E-state index contributed by atoms with van der Waals surface area (Å²) in [5, 5.41) is 0.581. The Hall–Kier alpha value is -3.23. The molecule has 180 valence electrons. The van der Waals surface area contributed by atoms with Crippen LogP contribution < -0.4 is 4.74 Å². The first-order chi connectivity index (χ1) is 17.1. The third-order valence-electron chi connectivity index (χ3n) is 7.28. The van der Waals surface area contributed by atoms with Gasteiger partial charge in [-0.1, -0.05) is 23.5 Å². The van der Waals surface area contributed by atoms with Gasteiger partial charge >= 0.3 is 0 Å². The van der Waals surface area contributed by atoms with Gasteiger partial charge in [0, 0.05) is 38.2 Å². The number of likely N-dealkylation sites (tertiary alicyclic amines) is 2. The number of piperidine rings is 1. The van der Waals surface area contributed by atoms with Crippen LogP contribution in [0, 0.1) is 5.41 Å². The second-order valence-electron chi connectivity index (χ2n) is 9.66. The molecule has 2 fully saturated rings. The van der Waals surface area contributed by atoms with Crippen LogP contribution in [0.5, 0.6) is 10.9 Å². The predicted octanol–water partition coefficient (Wildman–Crippen LogP) is 5.50. The lowest BCUT2D eigenvalue weighted by atomic mass is 9.79. The van der Waals surface area contributed by atoms with Crippen molar-refractivity contribution in [3.8, 4) is 10.9 Å². The van der Waals surface area contributed by atoms with Crippen molar-refractivity contribution in [1.29, 1.82) is 0 Å². The zero-order valence-corrected chi connectivity index (χ0v) is 20.5. The molecule has 2 aliphatic heterocycles. The van der Waals surface area contributed by atoms with Crippen LogP contribution in [-0.4, -0.2) is 51.9 Å². The second kappa shape index (κ2) is 9.09. The number of nitrogens with zero attached hydrogens (tertiary/aromatic N) is 4. The lowest BCUT2D eigenvalue weighted by molar-refractivity contribution is -0.132. The van der Waals surface area contributed by atoms with Crippen molar-refractivity contribution >= 4 is 27.6 Å². The fraction of sp³-hybridized carbons (Fsp3) is 0.370. The number of hydrogen-bond donors (Lipinski definition) is 0. The average Bonchev–Trinajstić information content (AvgIpc) is 3.61. The van der Waals surface area contributed by atoms with Gasteiger partial charge in [0.1, 0.15) is 11.5 Å². The molecule has 0 N–H and O–H groups in total. The van der Waals surface area contributed by atoms with Crippen LogP contribution in [0.15, 0.2) is 65.4 Å². The van der Waals surface area contributed by atoms with Gasteiger partial charge in [-0.15, -0.1) is 0 Å². The molecular weight excluding hydrogens is 460 g/mol. The smallest absolute Gasteiger partial charge is 0.281 e. The monoisotopic (exact) mass is 488 g/mol. The lowest BCUT2D eigenvalue weighted by Crippen LogP contribution is -2.46. The van der Waals surface area contributed by atoms with Crippen molar-refractivity contribution in [2.75, 3.05) is 26.2 Å². The van der Waals surface area contributed by atoms with E-state index in [0.717, 1.165) is 67.2 Å². The number of thiazole rings is 1. The van der Waals surface area contributed by atoms with E-state index in [1.807, 2.05) is 41.3 Å². The molecule has 8 heteroatoms. The minimum Gasteiger partial charge on any atom is -0.467 e. The highest BCUT2D eigenvalue weighted by Crippen LogP contribution is 2.44. The number of amides is 1. The molecule has 0 saturated carbocycles. The lowest BCUT2D eigenvalue weighted by Gasteiger charge is -2.40. The number of rotatable bonds is 5. The summed E-state index contributed by atoms with van der Waals surface area (Å²) in [5.74, 6) is 1.84. The summed E-state index contributed by atoms with van der Waals surface area (Å²) < 4.78 is 13.1. The van der Waals surface area contributed by atoms with E-state index in [-0.39, 0.29) is 17.4 Å². The quantitative estimate of drug-likeness (QED) is 0.369. The highest BCUT2D eigenvalue weighted by Gasteiger charge is 2.44. The Kier molecular flexibility index (Phi) is 5.78. The Labute approximate surface area is 208 Å². The molecule has 2 atom stereocenters. The highest BCUT2D eigenvalue weighted by atomic mass is 32.1. The zero-order valence-electron chi connectivity index (χ0n) is 19.7. The first-order valence-electron chi connectivity index (χ1n) is 12.1. The zero-order chi connectivity index (χ0) is 23.8. The van der Waals surface area contributed by atoms with E-state index in [4.69, 9.17) is 9.15 Å². The summed E-state index contributed by atoms with van der Waals surface area (Å²) in [6, 6.07) is 16.1. The molecule has 1 aromatic carbocycles. The molecule has 0 radical (unpaired) electrons. The van der Waals surface area contributed by atoms with Gasteiger partial charge in [0.25, 0.3) is 5.19 Å². The fourth-order valence-electron chi connectivity index (χ4n) is 5.64. The highest BCUT2D eigenvalue weighted by molar-refractivity contribution is 7.20. The molecule has 1 amide bonds. The van der Waals surface area contributed by atoms with E-state index in [1.54, 1.807) is 19.4 Å². The molecule has 0 bridgehead atoms. The summed E-state index contributed by atoms with van der Waals surface area (Å²) in [4.78, 5) is 25.4. The molecule has 1 spiro atoms. The molecular formula is C27H28N4O3S. The van der Waals surface area contributed by atoms with Crippen molar-refractivity contribution in [1.82, 2.24) is 19.8 Å². The Bertz CT molecular complexity index is 1300. The van der Waals surface area contributed by atoms with Gasteiger partial charge < -0.3 is 14.1 Å². The third kappa shape index (κ3) is 4.44. The molecule has 4 aromatic rings. The molecule has 2 saturated heterocycles.